The fourth-order valence-corrected chi connectivity index (χ4v) is 3.92. The molecule has 0 radical (unpaired) electrons. The third kappa shape index (κ3) is 2.89. The molecule has 7 nitrogen and oxygen atoms in total. The summed E-state index contributed by atoms with van der Waals surface area (Å²) in [6, 6.07) is 5.59. The van der Waals surface area contributed by atoms with E-state index < -0.39 is 6.04 Å². The lowest BCUT2D eigenvalue weighted by Crippen LogP contribution is -2.52. The van der Waals surface area contributed by atoms with Gasteiger partial charge >= 0.3 is 0 Å². The zero-order valence-electron chi connectivity index (χ0n) is 14.0. The summed E-state index contributed by atoms with van der Waals surface area (Å²) in [5.41, 5.74) is 8.67. The van der Waals surface area contributed by atoms with Crippen LogP contribution in [0.1, 0.15) is 41.6 Å². The fourth-order valence-electron chi connectivity index (χ4n) is 3.92. The second-order valence-electron chi connectivity index (χ2n) is 7.07. The van der Waals surface area contributed by atoms with Crippen LogP contribution >= 0.6 is 0 Å². The molecule has 7 heteroatoms. The van der Waals surface area contributed by atoms with Crippen LogP contribution in [0, 0.1) is 0 Å². The number of carbonyl (C=O) groups is 3. The zero-order valence-corrected chi connectivity index (χ0v) is 14.0. The molecule has 0 aliphatic carbocycles. The van der Waals surface area contributed by atoms with Crippen molar-refractivity contribution in [3.05, 3.63) is 29.3 Å². The third-order valence-electron chi connectivity index (χ3n) is 5.41. The predicted octanol–water partition coefficient (Wildman–Crippen LogP) is 0.375. The molecule has 0 spiro atoms. The highest BCUT2D eigenvalue weighted by atomic mass is 16.2. The summed E-state index contributed by atoms with van der Waals surface area (Å²) in [4.78, 5) is 40.0. The molecule has 2 fully saturated rings. The minimum atomic E-state index is -0.561. The first-order chi connectivity index (χ1) is 12.0. The summed E-state index contributed by atoms with van der Waals surface area (Å²) in [5.74, 6) is -0.768. The van der Waals surface area contributed by atoms with E-state index in [1.165, 1.54) is 0 Å². The van der Waals surface area contributed by atoms with Gasteiger partial charge < -0.3 is 15.5 Å². The molecule has 1 aromatic carbocycles. The van der Waals surface area contributed by atoms with Crippen LogP contribution < -0.4 is 16.0 Å². The van der Waals surface area contributed by atoms with Crippen molar-refractivity contribution >= 4 is 23.4 Å². The Morgan fingerprint density at radius 2 is 1.84 bits per heavy atom. The van der Waals surface area contributed by atoms with Crippen molar-refractivity contribution in [1.29, 1.82) is 0 Å². The summed E-state index contributed by atoms with van der Waals surface area (Å²) >= 11 is 0. The molecule has 3 aliphatic heterocycles. The van der Waals surface area contributed by atoms with Crippen molar-refractivity contribution in [2.24, 2.45) is 5.73 Å². The molecule has 132 valence electrons. The molecule has 1 aromatic rings. The van der Waals surface area contributed by atoms with Gasteiger partial charge in [0.1, 0.15) is 6.04 Å². The van der Waals surface area contributed by atoms with Gasteiger partial charge in [-0.2, -0.15) is 0 Å². The summed E-state index contributed by atoms with van der Waals surface area (Å²) in [5, 5.41) is 2.33. The maximum atomic E-state index is 12.7. The van der Waals surface area contributed by atoms with Crippen LogP contribution in [0.4, 0.5) is 5.69 Å². The van der Waals surface area contributed by atoms with Gasteiger partial charge in [-0.3, -0.25) is 19.7 Å². The molecular weight excluding hydrogens is 320 g/mol. The van der Waals surface area contributed by atoms with Gasteiger partial charge in [0.2, 0.25) is 11.8 Å². The lowest BCUT2D eigenvalue weighted by molar-refractivity contribution is -0.136. The Balaban J connectivity index is 1.53. The average molecular weight is 342 g/mol. The number of amides is 3. The number of nitrogens with one attached hydrogen (secondary N) is 1. The normalized spacial score (nSPS) is 24.5. The number of hydrogen-bond acceptors (Lipinski definition) is 5. The number of rotatable bonds is 2. The van der Waals surface area contributed by atoms with Crippen molar-refractivity contribution in [1.82, 2.24) is 10.2 Å². The first-order valence-corrected chi connectivity index (χ1v) is 8.81. The maximum absolute atomic E-state index is 12.7. The second kappa shape index (κ2) is 6.15. The molecule has 0 bridgehead atoms. The number of nitrogens with zero attached hydrogens (tertiary/aromatic N) is 2. The van der Waals surface area contributed by atoms with Gasteiger partial charge in [0.15, 0.2) is 0 Å². The van der Waals surface area contributed by atoms with Gasteiger partial charge in [-0.25, -0.2) is 0 Å². The van der Waals surface area contributed by atoms with E-state index in [1.807, 2.05) is 12.1 Å². The summed E-state index contributed by atoms with van der Waals surface area (Å²) in [6.45, 7) is 2.26. The first-order valence-electron chi connectivity index (χ1n) is 8.81. The zero-order chi connectivity index (χ0) is 17.6. The Morgan fingerprint density at radius 3 is 2.56 bits per heavy atom. The SMILES string of the molecule is NC1CCN(c2ccc3c(c2)CN(C2CCC(=O)NC2=O)C3=O)CC1. The Bertz CT molecular complexity index is 740. The van der Waals surface area contributed by atoms with Crippen molar-refractivity contribution in [2.75, 3.05) is 18.0 Å². The summed E-state index contributed by atoms with van der Waals surface area (Å²) in [7, 11) is 0. The van der Waals surface area contributed by atoms with E-state index in [-0.39, 0.29) is 30.2 Å². The molecule has 25 heavy (non-hydrogen) atoms. The number of fused-ring (bicyclic) bond motifs is 1. The number of anilines is 1. The topological polar surface area (TPSA) is 95.7 Å². The van der Waals surface area contributed by atoms with Crippen LogP contribution in [0.2, 0.25) is 0 Å². The predicted molar refractivity (Wildman–Crippen MR) is 91.9 cm³/mol. The van der Waals surface area contributed by atoms with Crippen LogP contribution in [0.25, 0.3) is 0 Å². The van der Waals surface area contributed by atoms with Gasteiger partial charge in [0.25, 0.3) is 5.91 Å². The van der Waals surface area contributed by atoms with E-state index in [0.717, 1.165) is 37.2 Å². The minimum Gasteiger partial charge on any atom is -0.371 e. The molecule has 1 atom stereocenters. The number of benzene rings is 1. The highest BCUT2D eigenvalue weighted by Crippen LogP contribution is 2.31. The highest BCUT2D eigenvalue weighted by Gasteiger charge is 2.39. The molecule has 0 aromatic heterocycles. The van der Waals surface area contributed by atoms with Gasteiger partial charge in [-0.1, -0.05) is 0 Å². The van der Waals surface area contributed by atoms with E-state index in [4.69, 9.17) is 5.73 Å². The van der Waals surface area contributed by atoms with Crippen molar-refractivity contribution in [3.63, 3.8) is 0 Å². The van der Waals surface area contributed by atoms with Crippen LogP contribution in [0.5, 0.6) is 0 Å². The van der Waals surface area contributed by atoms with Crippen molar-refractivity contribution in [2.45, 2.75) is 44.3 Å². The van der Waals surface area contributed by atoms with Crippen molar-refractivity contribution in [3.8, 4) is 0 Å². The number of nitrogens with two attached hydrogens (primary N) is 1. The molecule has 2 saturated heterocycles. The van der Waals surface area contributed by atoms with Gasteiger partial charge in [-0.15, -0.1) is 0 Å². The largest absolute Gasteiger partial charge is 0.371 e. The summed E-state index contributed by atoms with van der Waals surface area (Å²) in [6.07, 6.45) is 2.61. The van der Waals surface area contributed by atoms with E-state index in [0.29, 0.717) is 18.5 Å². The molecule has 3 N–H and O–H groups in total. The Morgan fingerprint density at radius 1 is 1.08 bits per heavy atom. The molecule has 3 amide bonds. The molecular formula is C18H22N4O3. The van der Waals surface area contributed by atoms with E-state index in [2.05, 4.69) is 16.3 Å². The van der Waals surface area contributed by atoms with Gasteiger partial charge in [-0.05, 0) is 43.0 Å². The molecule has 0 saturated carbocycles. The molecule has 3 aliphatic rings. The maximum Gasteiger partial charge on any atom is 0.255 e. The van der Waals surface area contributed by atoms with Crippen LogP contribution in [0.15, 0.2) is 18.2 Å². The van der Waals surface area contributed by atoms with E-state index in [1.54, 1.807) is 4.90 Å². The monoisotopic (exact) mass is 342 g/mol. The standard InChI is InChI=1S/C18H22N4O3/c19-12-5-7-21(8-6-12)13-1-2-14-11(9-13)10-22(18(14)25)15-3-4-16(23)20-17(15)24/h1-2,9,12,15H,3-8,10,19H2,(H,20,23,24). The number of imide groups is 1. The number of hydrogen-bond donors (Lipinski definition) is 2. The smallest absolute Gasteiger partial charge is 0.255 e. The molecule has 1 unspecified atom stereocenters. The lowest BCUT2D eigenvalue weighted by atomic mass is 10.0. The third-order valence-corrected chi connectivity index (χ3v) is 5.41. The first kappa shape index (κ1) is 16.1. The van der Waals surface area contributed by atoms with Gasteiger partial charge in [0, 0.05) is 43.3 Å². The van der Waals surface area contributed by atoms with E-state index in [9.17, 15) is 14.4 Å². The second-order valence-corrected chi connectivity index (χ2v) is 7.07. The minimum absolute atomic E-state index is 0.128. The number of piperidine rings is 2. The Kier molecular flexibility index (Phi) is 3.95. The number of carbonyl (C=O) groups excluding carboxylic acids is 3. The Labute approximate surface area is 146 Å². The van der Waals surface area contributed by atoms with Crippen LogP contribution in [-0.2, 0) is 16.1 Å². The summed E-state index contributed by atoms with van der Waals surface area (Å²) < 4.78 is 0. The van der Waals surface area contributed by atoms with Crippen molar-refractivity contribution < 1.29 is 14.4 Å². The van der Waals surface area contributed by atoms with Crippen LogP contribution in [0.3, 0.4) is 0 Å². The Hall–Kier alpha value is -2.41. The van der Waals surface area contributed by atoms with Crippen LogP contribution in [-0.4, -0.2) is 47.8 Å². The molecule has 3 heterocycles. The lowest BCUT2D eigenvalue weighted by Gasteiger charge is -2.32. The fraction of sp³-hybridized carbons (Fsp3) is 0.500. The van der Waals surface area contributed by atoms with E-state index >= 15 is 0 Å². The quantitative estimate of drug-likeness (QED) is 0.758. The highest BCUT2D eigenvalue weighted by molar-refractivity contribution is 6.05. The average Bonchev–Trinajstić information content (AvgIpc) is 2.92. The molecule has 4 rings (SSSR count). The van der Waals surface area contributed by atoms with Gasteiger partial charge in [0.05, 0.1) is 0 Å².